The van der Waals surface area contributed by atoms with Crippen molar-refractivity contribution in [2.45, 2.75) is 11.8 Å². The van der Waals surface area contributed by atoms with Crippen molar-refractivity contribution in [3.8, 4) is 11.3 Å². The molecule has 148 valence electrons. The molecule has 0 aliphatic rings. The number of hydrogen-bond donors (Lipinski definition) is 0. The summed E-state index contributed by atoms with van der Waals surface area (Å²) in [6, 6.07) is 7.11. The number of aromatic nitrogens is 3. The van der Waals surface area contributed by atoms with Gasteiger partial charge in [0.1, 0.15) is 11.5 Å². The zero-order valence-corrected chi connectivity index (χ0v) is 15.5. The third-order valence-corrected chi connectivity index (χ3v) is 5.96. The van der Waals surface area contributed by atoms with Crippen LogP contribution in [0.25, 0.3) is 22.3 Å². The monoisotopic (exact) mass is 421 g/mol. The molecule has 4 rings (SSSR count). The molecule has 0 N–H and O–H groups in total. The van der Waals surface area contributed by atoms with Gasteiger partial charge in [-0.15, -0.1) is 0 Å². The first-order chi connectivity index (χ1) is 13.7. The number of fused-ring (bicyclic) bond motifs is 1. The van der Waals surface area contributed by atoms with Gasteiger partial charge in [0.25, 0.3) is 10.0 Å². The topological polar surface area (TPSA) is 64.8 Å². The second-order valence-electron chi connectivity index (χ2n) is 6.27. The zero-order valence-electron chi connectivity index (χ0n) is 14.7. The van der Waals surface area contributed by atoms with E-state index in [4.69, 9.17) is 0 Å². The van der Waals surface area contributed by atoms with Gasteiger partial charge in [-0.25, -0.2) is 35.5 Å². The first-order valence-corrected chi connectivity index (χ1v) is 9.63. The Bertz CT molecular complexity index is 1370. The van der Waals surface area contributed by atoms with Crippen molar-refractivity contribution < 1.29 is 26.0 Å². The third kappa shape index (κ3) is 3.15. The molecule has 0 saturated heterocycles. The predicted octanol–water partition coefficient (Wildman–Crippen LogP) is 4.20. The quantitative estimate of drug-likeness (QED) is 0.367. The minimum absolute atomic E-state index is 0.0867. The van der Waals surface area contributed by atoms with Crippen molar-refractivity contribution in [3.05, 3.63) is 77.8 Å². The maximum Gasteiger partial charge on any atom is 0.269 e. The molecule has 0 unspecified atom stereocenters. The second-order valence-corrected chi connectivity index (χ2v) is 8.09. The molecule has 0 fully saturated rings. The second kappa shape index (κ2) is 6.66. The van der Waals surface area contributed by atoms with Gasteiger partial charge in [-0.3, -0.25) is 0 Å². The molecule has 29 heavy (non-hydrogen) atoms. The van der Waals surface area contributed by atoms with Crippen LogP contribution in [0.1, 0.15) is 5.56 Å². The number of benzene rings is 1. The van der Waals surface area contributed by atoms with Crippen molar-refractivity contribution in [3.63, 3.8) is 0 Å². The first-order valence-electron chi connectivity index (χ1n) is 8.19. The van der Waals surface area contributed by atoms with Crippen molar-refractivity contribution in [1.29, 1.82) is 0 Å². The molecule has 0 saturated carbocycles. The molecular formula is C19H11F4N3O2S. The van der Waals surface area contributed by atoms with Crippen LogP contribution in [0, 0.1) is 30.3 Å². The molecule has 0 atom stereocenters. The van der Waals surface area contributed by atoms with Crippen molar-refractivity contribution in [1.82, 2.24) is 13.9 Å². The standard InChI is InChI=1S/C19H11F4N3O2S/c1-10-2-4-12(5-3-10)29(27,28)26-9-14(13-6-11(20)8-24-19(13)26)17-15(21)7-16(22)18(23)25-17/h2-9H,1H3. The van der Waals surface area contributed by atoms with E-state index in [0.717, 1.165) is 28.0 Å². The maximum atomic E-state index is 14.3. The van der Waals surface area contributed by atoms with E-state index in [1.54, 1.807) is 19.1 Å². The minimum Gasteiger partial charge on any atom is -0.234 e. The summed E-state index contributed by atoms with van der Waals surface area (Å²) in [5.41, 5.74) is -0.304. The maximum absolute atomic E-state index is 14.3. The molecule has 0 radical (unpaired) electrons. The zero-order chi connectivity index (χ0) is 20.9. The number of rotatable bonds is 3. The van der Waals surface area contributed by atoms with Gasteiger partial charge in [-0.2, -0.15) is 4.39 Å². The molecule has 10 heteroatoms. The van der Waals surface area contributed by atoms with Gasteiger partial charge in [0.05, 0.1) is 11.1 Å². The largest absolute Gasteiger partial charge is 0.269 e. The highest BCUT2D eigenvalue weighted by molar-refractivity contribution is 7.90. The fraction of sp³-hybridized carbons (Fsp3) is 0.0526. The molecule has 3 aromatic heterocycles. The molecule has 3 heterocycles. The lowest BCUT2D eigenvalue weighted by molar-refractivity contribution is 0.466. The molecule has 4 aromatic rings. The Morgan fingerprint density at radius 1 is 0.966 bits per heavy atom. The molecule has 0 aliphatic carbocycles. The van der Waals surface area contributed by atoms with E-state index in [1.807, 2.05) is 0 Å². The van der Waals surface area contributed by atoms with E-state index in [0.29, 0.717) is 0 Å². The van der Waals surface area contributed by atoms with E-state index in [1.165, 1.54) is 12.1 Å². The van der Waals surface area contributed by atoms with Crippen LogP contribution in [0.5, 0.6) is 0 Å². The van der Waals surface area contributed by atoms with Crippen molar-refractivity contribution in [2.24, 2.45) is 0 Å². The van der Waals surface area contributed by atoms with Crippen LogP contribution in [0.4, 0.5) is 17.6 Å². The summed E-state index contributed by atoms with van der Waals surface area (Å²) in [4.78, 5) is 6.94. The molecular weight excluding hydrogens is 410 g/mol. The first kappa shape index (κ1) is 19.1. The van der Waals surface area contributed by atoms with Gasteiger partial charge in [0.2, 0.25) is 5.95 Å². The van der Waals surface area contributed by atoms with Gasteiger partial charge in [-0.05, 0) is 25.1 Å². The van der Waals surface area contributed by atoms with Crippen LogP contribution in [0.2, 0.25) is 0 Å². The average Bonchev–Trinajstić information content (AvgIpc) is 3.04. The van der Waals surface area contributed by atoms with Crippen LogP contribution >= 0.6 is 0 Å². The Balaban J connectivity index is 2.03. The van der Waals surface area contributed by atoms with Gasteiger partial charge >= 0.3 is 0 Å². The fourth-order valence-electron chi connectivity index (χ4n) is 2.88. The van der Waals surface area contributed by atoms with Crippen LogP contribution in [0.3, 0.4) is 0 Å². The average molecular weight is 421 g/mol. The van der Waals surface area contributed by atoms with Gasteiger partial charge < -0.3 is 0 Å². The normalized spacial score (nSPS) is 11.9. The van der Waals surface area contributed by atoms with E-state index in [9.17, 15) is 26.0 Å². The summed E-state index contributed by atoms with van der Waals surface area (Å²) in [6.45, 7) is 1.78. The van der Waals surface area contributed by atoms with Crippen LogP contribution in [-0.2, 0) is 10.0 Å². The molecule has 5 nitrogen and oxygen atoms in total. The van der Waals surface area contributed by atoms with Gasteiger partial charge in [0, 0.05) is 23.2 Å². The van der Waals surface area contributed by atoms with Crippen molar-refractivity contribution in [2.75, 3.05) is 0 Å². The fourth-order valence-corrected chi connectivity index (χ4v) is 4.21. The lowest BCUT2D eigenvalue weighted by atomic mass is 10.1. The Morgan fingerprint density at radius 2 is 1.66 bits per heavy atom. The molecule has 0 spiro atoms. The van der Waals surface area contributed by atoms with Crippen LogP contribution in [0.15, 0.2) is 53.7 Å². The smallest absolute Gasteiger partial charge is 0.234 e. The van der Waals surface area contributed by atoms with E-state index in [-0.39, 0.29) is 27.6 Å². The highest BCUT2D eigenvalue weighted by Crippen LogP contribution is 2.33. The Labute approximate surface area is 162 Å². The SMILES string of the molecule is Cc1ccc(S(=O)(=O)n2cc(-c3nc(F)c(F)cc3F)c3cc(F)cnc32)cc1. The summed E-state index contributed by atoms with van der Waals surface area (Å²) < 4.78 is 81.8. The summed E-state index contributed by atoms with van der Waals surface area (Å²) >= 11 is 0. The number of hydrogen-bond acceptors (Lipinski definition) is 4. The number of halogens is 4. The summed E-state index contributed by atoms with van der Waals surface area (Å²) in [6.07, 6.45) is 1.75. The minimum atomic E-state index is -4.20. The number of nitrogens with zero attached hydrogens (tertiary/aromatic N) is 3. The molecule has 0 aliphatic heterocycles. The predicted molar refractivity (Wildman–Crippen MR) is 96.6 cm³/mol. The van der Waals surface area contributed by atoms with Crippen LogP contribution in [-0.4, -0.2) is 22.4 Å². The van der Waals surface area contributed by atoms with Gasteiger partial charge in [-0.1, -0.05) is 17.7 Å². The molecule has 0 bridgehead atoms. The third-order valence-electron chi connectivity index (χ3n) is 4.30. The van der Waals surface area contributed by atoms with Crippen LogP contribution < -0.4 is 0 Å². The Kier molecular flexibility index (Phi) is 4.38. The lowest BCUT2D eigenvalue weighted by Gasteiger charge is -2.07. The van der Waals surface area contributed by atoms with Gasteiger partial charge in [0.15, 0.2) is 17.3 Å². The van der Waals surface area contributed by atoms with E-state index < -0.39 is 39.1 Å². The molecule has 0 amide bonds. The summed E-state index contributed by atoms with van der Waals surface area (Å²) in [5.74, 6) is -5.15. The molecule has 1 aromatic carbocycles. The number of aryl methyl sites for hydroxylation is 1. The van der Waals surface area contributed by atoms with Crippen molar-refractivity contribution >= 4 is 21.1 Å². The van der Waals surface area contributed by atoms with E-state index >= 15 is 0 Å². The Morgan fingerprint density at radius 3 is 2.34 bits per heavy atom. The Hall–Kier alpha value is -3.27. The highest BCUT2D eigenvalue weighted by Gasteiger charge is 2.25. The summed E-state index contributed by atoms with van der Waals surface area (Å²) in [5, 5.41) is -0.127. The number of pyridine rings is 2. The summed E-state index contributed by atoms with van der Waals surface area (Å²) in [7, 11) is -4.20. The lowest BCUT2D eigenvalue weighted by Crippen LogP contribution is -2.12. The highest BCUT2D eigenvalue weighted by atomic mass is 32.2. The van der Waals surface area contributed by atoms with E-state index in [2.05, 4.69) is 9.97 Å².